The van der Waals surface area contributed by atoms with Crippen LogP contribution in [0.4, 0.5) is 5.69 Å². The van der Waals surface area contributed by atoms with Gasteiger partial charge in [0.05, 0.1) is 17.0 Å². The summed E-state index contributed by atoms with van der Waals surface area (Å²) in [5.41, 5.74) is 3.19. The van der Waals surface area contributed by atoms with Gasteiger partial charge in [-0.1, -0.05) is 30.7 Å². The second-order valence-corrected chi connectivity index (χ2v) is 9.71. The Hall–Kier alpha value is -2.78. The Kier molecular flexibility index (Phi) is 6.33. The molecule has 9 heteroatoms. The minimum atomic E-state index is -3.52. The van der Waals surface area contributed by atoms with Gasteiger partial charge >= 0.3 is 0 Å². The van der Waals surface area contributed by atoms with Crippen molar-refractivity contribution in [3.63, 3.8) is 0 Å². The number of sulfonamides is 1. The van der Waals surface area contributed by atoms with Crippen LogP contribution in [0.1, 0.15) is 38.2 Å². The van der Waals surface area contributed by atoms with E-state index >= 15 is 0 Å². The van der Waals surface area contributed by atoms with Gasteiger partial charge in [-0.25, -0.2) is 13.1 Å². The number of carbonyl (C=O) groups is 1. The van der Waals surface area contributed by atoms with E-state index in [0.717, 1.165) is 31.4 Å². The number of hydrogen-bond acceptors (Lipinski definition) is 5. The summed E-state index contributed by atoms with van der Waals surface area (Å²) < 4.78 is 28.9. The summed E-state index contributed by atoms with van der Waals surface area (Å²) in [5, 5.41) is 11.1. The third-order valence-electron chi connectivity index (χ3n) is 5.63. The molecule has 1 fully saturated rings. The number of nitrogens with zero attached hydrogens (tertiary/aromatic N) is 4. The highest BCUT2D eigenvalue weighted by Gasteiger charge is 2.26. The summed E-state index contributed by atoms with van der Waals surface area (Å²) in [5.74, 6) is -0.114. The minimum Gasteiger partial charge on any atom is -0.326 e. The van der Waals surface area contributed by atoms with Crippen LogP contribution < -0.4 is 5.32 Å². The zero-order valence-corrected chi connectivity index (χ0v) is 18.4. The van der Waals surface area contributed by atoms with E-state index < -0.39 is 10.0 Å². The molecule has 0 saturated carbocycles. The van der Waals surface area contributed by atoms with Crippen molar-refractivity contribution in [2.24, 2.45) is 0 Å². The van der Waals surface area contributed by atoms with E-state index in [4.69, 9.17) is 0 Å². The zero-order chi connectivity index (χ0) is 21.8. The van der Waals surface area contributed by atoms with E-state index in [1.54, 1.807) is 27.2 Å². The van der Waals surface area contributed by atoms with Crippen molar-refractivity contribution in [2.75, 3.05) is 18.4 Å². The first kappa shape index (κ1) is 21.5. The maximum Gasteiger partial charge on any atom is 0.243 e. The molecule has 1 aliphatic rings. The highest BCUT2D eigenvalue weighted by Crippen LogP contribution is 2.23. The van der Waals surface area contributed by atoms with Gasteiger partial charge in [0.15, 0.2) is 0 Å². The number of aryl methyl sites for hydroxylation is 2. The number of amides is 1. The number of fused-ring (bicyclic) bond motifs is 1. The average Bonchev–Trinajstić information content (AvgIpc) is 3.21. The van der Waals surface area contributed by atoms with Gasteiger partial charge in [0.2, 0.25) is 15.9 Å². The smallest absolute Gasteiger partial charge is 0.243 e. The third-order valence-corrected chi connectivity index (χ3v) is 7.53. The quantitative estimate of drug-likeness (QED) is 0.607. The van der Waals surface area contributed by atoms with Crippen molar-refractivity contribution in [1.82, 2.24) is 19.3 Å². The van der Waals surface area contributed by atoms with Crippen molar-refractivity contribution < 1.29 is 13.2 Å². The molecule has 0 aliphatic carbocycles. The molecule has 4 rings (SSSR count). The Morgan fingerprint density at radius 1 is 1.06 bits per heavy atom. The molecule has 0 radical (unpaired) electrons. The molecule has 8 nitrogen and oxygen atoms in total. The van der Waals surface area contributed by atoms with Crippen molar-refractivity contribution in [2.45, 2.75) is 50.5 Å². The molecule has 0 atom stereocenters. The lowest BCUT2D eigenvalue weighted by molar-refractivity contribution is -0.116. The van der Waals surface area contributed by atoms with E-state index in [1.807, 2.05) is 24.3 Å². The first-order valence-electron chi connectivity index (χ1n) is 10.7. The molecular weight excluding hydrogens is 414 g/mol. The standard InChI is InChI=1S/C22H27N5O3S/c1-2-17-6-8-18(9-7-17)23-22(28)12-15-27-21-11-10-19(16-20(21)24-25-27)31(29,30)26-13-4-3-5-14-26/h6-11,16H,2-5,12-15H2,1H3,(H,23,28). The summed E-state index contributed by atoms with van der Waals surface area (Å²) in [7, 11) is -3.52. The van der Waals surface area contributed by atoms with E-state index in [1.165, 1.54) is 5.56 Å². The van der Waals surface area contributed by atoms with E-state index in [9.17, 15) is 13.2 Å². The lowest BCUT2D eigenvalue weighted by atomic mass is 10.1. The molecule has 1 N–H and O–H groups in total. The molecule has 1 amide bonds. The molecule has 1 aliphatic heterocycles. The monoisotopic (exact) mass is 441 g/mol. The topological polar surface area (TPSA) is 97.2 Å². The molecule has 2 heterocycles. The van der Waals surface area contributed by atoms with Crippen LogP contribution in [-0.2, 0) is 27.8 Å². The van der Waals surface area contributed by atoms with Crippen molar-refractivity contribution >= 4 is 32.7 Å². The minimum absolute atomic E-state index is 0.114. The van der Waals surface area contributed by atoms with Crippen LogP contribution in [0.25, 0.3) is 11.0 Å². The average molecular weight is 442 g/mol. The number of carbonyl (C=O) groups excluding carboxylic acids is 1. The summed E-state index contributed by atoms with van der Waals surface area (Å²) >= 11 is 0. The molecule has 2 aromatic carbocycles. The Morgan fingerprint density at radius 2 is 1.81 bits per heavy atom. The van der Waals surface area contributed by atoms with Crippen molar-refractivity contribution in [1.29, 1.82) is 0 Å². The number of benzene rings is 2. The zero-order valence-electron chi connectivity index (χ0n) is 17.6. The molecular formula is C22H27N5O3S. The maximum atomic E-state index is 12.9. The number of rotatable bonds is 7. The normalized spacial score (nSPS) is 15.3. The summed E-state index contributed by atoms with van der Waals surface area (Å²) in [6, 6.07) is 12.7. The van der Waals surface area contributed by atoms with Gasteiger partial charge in [0.25, 0.3) is 0 Å². The van der Waals surface area contributed by atoms with Crippen LogP contribution >= 0.6 is 0 Å². The van der Waals surface area contributed by atoms with Gasteiger partial charge < -0.3 is 5.32 Å². The molecule has 0 unspecified atom stereocenters. The van der Waals surface area contributed by atoms with Gasteiger partial charge in [-0.3, -0.25) is 4.79 Å². The molecule has 1 saturated heterocycles. The molecule has 0 bridgehead atoms. The second-order valence-electron chi connectivity index (χ2n) is 7.78. The van der Waals surface area contributed by atoms with E-state index in [0.29, 0.717) is 30.7 Å². The van der Waals surface area contributed by atoms with E-state index in [-0.39, 0.29) is 17.2 Å². The number of piperidine rings is 1. The molecule has 1 aromatic heterocycles. The van der Waals surface area contributed by atoms with Gasteiger partial charge in [-0.05, 0) is 55.2 Å². The van der Waals surface area contributed by atoms with Gasteiger partial charge in [0.1, 0.15) is 5.52 Å². The fourth-order valence-corrected chi connectivity index (χ4v) is 5.32. The largest absolute Gasteiger partial charge is 0.326 e. The SMILES string of the molecule is CCc1ccc(NC(=O)CCn2nnc3cc(S(=O)(=O)N4CCCCC4)ccc32)cc1. The highest BCUT2D eigenvalue weighted by molar-refractivity contribution is 7.89. The molecule has 31 heavy (non-hydrogen) atoms. The predicted molar refractivity (Wildman–Crippen MR) is 119 cm³/mol. The number of hydrogen-bond donors (Lipinski definition) is 1. The lowest BCUT2D eigenvalue weighted by Gasteiger charge is -2.25. The Labute approximate surface area is 182 Å². The first-order valence-corrected chi connectivity index (χ1v) is 12.1. The Balaban J connectivity index is 1.42. The van der Waals surface area contributed by atoms with Crippen LogP contribution in [-0.4, -0.2) is 46.7 Å². The van der Waals surface area contributed by atoms with Crippen LogP contribution in [0, 0.1) is 0 Å². The summed E-state index contributed by atoms with van der Waals surface area (Å²) in [6.07, 6.45) is 4.04. The number of aromatic nitrogens is 3. The number of anilines is 1. The van der Waals surface area contributed by atoms with Gasteiger partial charge in [-0.15, -0.1) is 5.10 Å². The van der Waals surface area contributed by atoms with Crippen molar-refractivity contribution in [3.8, 4) is 0 Å². The highest BCUT2D eigenvalue weighted by atomic mass is 32.2. The molecule has 164 valence electrons. The summed E-state index contributed by atoms with van der Waals surface area (Å²) in [6.45, 7) is 3.56. The third kappa shape index (κ3) is 4.77. The van der Waals surface area contributed by atoms with Gasteiger partial charge in [0, 0.05) is 25.2 Å². The van der Waals surface area contributed by atoms with Crippen LogP contribution in [0.5, 0.6) is 0 Å². The van der Waals surface area contributed by atoms with Crippen LogP contribution in [0.15, 0.2) is 47.4 Å². The Bertz CT molecular complexity index is 1170. The predicted octanol–water partition coefficient (Wildman–Crippen LogP) is 3.20. The fraction of sp³-hybridized carbons (Fsp3) is 0.409. The maximum absolute atomic E-state index is 12.9. The second kappa shape index (κ2) is 9.15. The molecule has 3 aromatic rings. The van der Waals surface area contributed by atoms with E-state index in [2.05, 4.69) is 22.6 Å². The lowest BCUT2D eigenvalue weighted by Crippen LogP contribution is -2.35. The van der Waals surface area contributed by atoms with Crippen LogP contribution in [0.2, 0.25) is 0 Å². The Morgan fingerprint density at radius 3 is 2.52 bits per heavy atom. The fourth-order valence-electron chi connectivity index (χ4n) is 3.79. The van der Waals surface area contributed by atoms with Crippen LogP contribution in [0.3, 0.4) is 0 Å². The van der Waals surface area contributed by atoms with Gasteiger partial charge in [-0.2, -0.15) is 4.31 Å². The number of nitrogens with one attached hydrogen (secondary N) is 1. The molecule has 0 spiro atoms. The summed E-state index contributed by atoms with van der Waals surface area (Å²) in [4.78, 5) is 12.5. The first-order chi connectivity index (χ1) is 15.0. The van der Waals surface area contributed by atoms with Crippen molar-refractivity contribution in [3.05, 3.63) is 48.0 Å².